The summed E-state index contributed by atoms with van der Waals surface area (Å²) in [5.41, 5.74) is 0.651. The van der Waals surface area contributed by atoms with Crippen molar-refractivity contribution in [3.05, 3.63) is 88.7 Å². The first kappa shape index (κ1) is 21.7. The monoisotopic (exact) mass is 479 g/mol. The van der Waals surface area contributed by atoms with E-state index in [-0.39, 0.29) is 17.1 Å². The van der Waals surface area contributed by atoms with E-state index in [9.17, 15) is 14.7 Å². The lowest BCUT2D eigenvalue weighted by Crippen LogP contribution is -2.30. The summed E-state index contributed by atoms with van der Waals surface area (Å²) in [5.74, 6) is -1.04. The van der Waals surface area contributed by atoms with Crippen LogP contribution in [0.5, 0.6) is 11.5 Å². The van der Waals surface area contributed by atoms with Gasteiger partial charge in [-0.2, -0.15) is 0 Å². The number of hydrogen-bond donors (Lipinski definition) is 1. The van der Waals surface area contributed by atoms with Gasteiger partial charge in [0.2, 0.25) is 5.78 Å². The van der Waals surface area contributed by atoms with Crippen LogP contribution in [0.4, 0.5) is 5.69 Å². The summed E-state index contributed by atoms with van der Waals surface area (Å²) < 4.78 is 21.9. The summed E-state index contributed by atoms with van der Waals surface area (Å²) in [6.45, 7) is 0. The minimum atomic E-state index is -1.04. The van der Waals surface area contributed by atoms with Crippen molar-refractivity contribution in [1.29, 1.82) is 0 Å². The maximum atomic E-state index is 13.6. The molecule has 1 N–H and O–H groups in total. The van der Waals surface area contributed by atoms with Crippen LogP contribution in [-0.4, -0.2) is 31.0 Å². The van der Waals surface area contributed by atoms with Gasteiger partial charge in [-0.1, -0.05) is 11.6 Å². The van der Waals surface area contributed by atoms with E-state index in [0.29, 0.717) is 33.2 Å². The fraction of sp³-hybridized carbons (Fsp3) is 0.120. The molecule has 5 rings (SSSR count). The molecule has 0 aliphatic carbocycles. The molecular weight excluding hydrogens is 462 g/mol. The van der Waals surface area contributed by atoms with Gasteiger partial charge in [-0.15, -0.1) is 0 Å². The maximum absolute atomic E-state index is 13.6. The SMILES string of the molecule is COc1ccc(N2C(=O)C(O)=C(C(=O)c3cc4cc(Cl)ccc4o3)C2c2ccco2)cc1OC. The van der Waals surface area contributed by atoms with E-state index in [4.69, 9.17) is 29.9 Å². The topological polar surface area (TPSA) is 102 Å². The van der Waals surface area contributed by atoms with Crippen LogP contribution in [0.2, 0.25) is 5.02 Å². The summed E-state index contributed by atoms with van der Waals surface area (Å²) in [6.07, 6.45) is 1.42. The normalized spacial score (nSPS) is 15.9. The molecule has 172 valence electrons. The molecule has 9 heteroatoms. The lowest BCUT2D eigenvalue weighted by atomic mass is 9.99. The minimum Gasteiger partial charge on any atom is -0.503 e. The highest BCUT2D eigenvalue weighted by molar-refractivity contribution is 6.31. The average molecular weight is 480 g/mol. The van der Waals surface area contributed by atoms with Crippen molar-refractivity contribution in [3.8, 4) is 11.5 Å². The molecule has 0 fully saturated rings. The third-order valence-corrected chi connectivity index (χ3v) is 5.85. The first-order chi connectivity index (χ1) is 16.4. The number of Topliss-reactive ketones (excluding diaryl/α,β-unsaturated/α-hetero) is 1. The first-order valence-corrected chi connectivity index (χ1v) is 10.6. The zero-order chi connectivity index (χ0) is 24.0. The van der Waals surface area contributed by atoms with Gasteiger partial charge in [0.05, 0.1) is 26.1 Å². The van der Waals surface area contributed by atoms with Crippen molar-refractivity contribution in [2.75, 3.05) is 19.1 Å². The summed E-state index contributed by atoms with van der Waals surface area (Å²) in [4.78, 5) is 28.1. The number of carbonyl (C=O) groups is 2. The number of carbonyl (C=O) groups excluding carboxylic acids is 2. The molecule has 1 unspecified atom stereocenters. The van der Waals surface area contributed by atoms with E-state index in [0.717, 1.165) is 0 Å². The lowest BCUT2D eigenvalue weighted by Gasteiger charge is -2.25. The number of hydrogen-bond acceptors (Lipinski definition) is 7. The highest BCUT2D eigenvalue weighted by Gasteiger charge is 2.47. The molecule has 0 spiro atoms. The van der Waals surface area contributed by atoms with E-state index < -0.39 is 23.5 Å². The maximum Gasteiger partial charge on any atom is 0.294 e. The molecule has 3 heterocycles. The van der Waals surface area contributed by atoms with Crippen molar-refractivity contribution < 1.29 is 33.0 Å². The molecule has 1 aliphatic rings. The number of aliphatic hydroxyl groups is 1. The minimum absolute atomic E-state index is 0.0441. The van der Waals surface area contributed by atoms with E-state index in [1.54, 1.807) is 48.5 Å². The zero-order valence-electron chi connectivity index (χ0n) is 18.1. The average Bonchev–Trinajstić information content (AvgIpc) is 3.57. The molecular formula is C25H18ClNO7. The van der Waals surface area contributed by atoms with E-state index in [1.165, 1.54) is 31.4 Å². The van der Waals surface area contributed by atoms with Gasteiger partial charge in [0.15, 0.2) is 23.0 Å². The number of anilines is 1. The molecule has 34 heavy (non-hydrogen) atoms. The Kier molecular flexibility index (Phi) is 5.30. The van der Waals surface area contributed by atoms with Crippen molar-refractivity contribution in [2.45, 2.75) is 6.04 Å². The Balaban J connectivity index is 1.63. The molecule has 1 atom stereocenters. The number of furan rings is 2. The molecule has 0 saturated heterocycles. The highest BCUT2D eigenvalue weighted by atomic mass is 35.5. The number of methoxy groups -OCH3 is 2. The summed E-state index contributed by atoms with van der Waals surface area (Å²) >= 11 is 6.04. The van der Waals surface area contributed by atoms with Crippen molar-refractivity contribution in [3.63, 3.8) is 0 Å². The van der Waals surface area contributed by atoms with Crippen molar-refractivity contribution in [2.24, 2.45) is 0 Å². The summed E-state index contributed by atoms with van der Waals surface area (Å²) in [6, 6.07) is 13.5. The third-order valence-electron chi connectivity index (χ3n) is 5.61. The molecule has 0 radical (unpaired) electrons. The third kappa shape index (κ3) is 3.39. The van der Waals surface area contributed by atoms with Gasteiger partial charge in [-0.3, -0.25) is 14.5 Å². The molecule has 1 amide bonds. The van der Waals surface area contributed by atoms with Gasteiger partial charge in [-0.25, -0.2) is 0 Å². The number of amides is 1. The van der Waals surface area contributed by atoms with Crippen molar-refractivity contribution >= 4 is 39.9 Å². The van der Waals surface area contributed by atoms with Gasteiger partial charge in [-0.05, 0) is 48.5 Å². The van der Waals surface area contributed by atoms with E-state index in [2.05, 4.69) is 0 Å². The second-order valence-electron chi connectivity index (χ2n) is 7.52. The Morgan fingerprint density at radius 3 is 2.56 bits per heavy atom. The van der Waals surface area contributed by atoms with E-state index >= 15 is 0 Å². The highest BCUT2D eigenvalue weighted by Crippen LogP contribution is 2.44. The number of nitrogens with zero attached hydrogens (tertiary/aromatic N) is 1. The van der Waals surface area contributed by atoms with Gasteiger partial charge in [0, 0.05) is 22.2 Å². The Hall–Kier alpha value is -4.17. The number of ketones is 1. The van der Waals surface area contributed by atoms with Gasteiger partial charge in [0.25, 0.3) is 5.91 Å². The molecule has 0 saturated carbocycles. The number of halogens is 1. The fourth-order valence-electron chi connectivity index (χ4n) is 4.05. The number of ether oxygens (including phenoxy) is 2. The van der Waals surface area contributed by atoms with Crippen LogP contribution in [0.3, 0.4) is 0 Å². The second kappa shape index (κ2) is 8.31. The largest absolute Gasteiger partial charge is 0.503 e. The second-order valence-corrected chi connectivity index (χ2v) is 7.95. The van der Waals surface area contributed by atoms with Crippen LogP contribution in [0, 0.1) is 0 Å². The number of fused-ring (bicyclic) bond motifs is 1. The molecule has 2 aromatic carbocycles. The number of benzene rings is 2. The first-order valence-electron chi connectivity index (χ1n) is 10.2. The van der Waals surface area contributed by atoms with Crippen molar-refractivity contribution in [1.82, 2.24) is 0 Å². The lowest BCUT2D eigenvalue weighted by molar-refractivity contribution is -0.117. The summed E-state index contributed by atoms with van der Waals surface area (Å²) in [5, 5.41) is 11.9. The van der Waals surface area contributed by atoms with Gasteiger partial charge >= 0.3 is 0 Å². The fourth-order valence-corrected chi connectivity index (χ4v) is 4.23. The molecule has 2 aromatic heterocycles. The molecule has 0 bridgehead atoms. The van der Waals surface area contributed by atoms with Crippen LogP contribution in [-0.2, 0) is 4.79 Å². The smallest absolute Gasteiger partial charge is 0.294 e. The molecule has 4 aromatic rings. The standard InChI is InChI=1S/C25H18ClNO7/c1-31-17-8-6-15(12-19(17)32-2)27-22(18-4-3-9-33-18)21(24(29)25(27)30)23(28)20-11-13-10-14(26)5-7-16(13)34-20/h3-12,22,29H,1-2H3. The quantitative estimate of drug-likeness (QED) is 0.365. The molecule has 8 nitrogen and oxygen atoms in total. The molecule has 1 aliphatic heterocycles. The number of rotatable bonds is 6. The van der Waals surface area contributed by atoms with E-state index in [1.807, 2.05) is 0 Å². The zero-order valence-corrected chi connectivity index (χ0v) is 18.8. The van der Waals surface area contributed by atoms with Gasteiger partial charge < -0.3 is 23.4 Å². The van der Waals surface area contributed by atoms with Crippen LogP contribution in [0.15, 0.2) is 81.0 Å². The van der Waals surface area contributed by atoms with Gasteiger partial charge in [0.1, 0.15) is 17.4 Å². The Morgan fingerprint density at radius 1 is 1.06 bits per heavy atom. The number of aliphatic hydroxyl groups excluding tert-OH is 1. The Labute approximate surface area is 198 Å². The van der Waals surface area contributed by atoms with Crippen LogP contribution >= 0.6 is 11.6 Å². The Bertz CT molecular complexity index is 1450. The Morgan fingerprint density at radius 2 is 1.85 bits per heavy atom. The van der Waals surface area contributed by atoms with Crippen LogP contribution in [0.25, 0.3) is 11.0 Å². The van der Waals surface area contributed by atoms with Crippen LogP contribution in [0.1, 0.15) is 22.4 Å². The summed E-state index contributed by atoms with van der Waals surface area (Å²) in [7, 11) is 2.96. The van der Waals surface area contributed by atoms with Crippen LogP contribution < -0.4 is 14.4 Å². The predicted molar refractivity (Wildman–Crippen MR) is 124 cm³/mol. The predicted octanol–water partition coefficient (Wildman–Crippen LogP) is 5.48.